The average Bonchev–Trinajstić information content (AvgIpc) is 2.41. The van der Waals surface area contributed by atoms with Gasteiger partial charge in [0.2, 0.25) is 5.91 Å². The van der Waals surface area contributed by atoms with Crippen molar-refractivity contribution in [3.05, 3.63) is 18.3 Å². The van der Waals surface area contributed by atoms with Crippen LogP contribution < -0.4 is 15.5 Å². The van der Waals surface area contributed by atoms with Gasteiger partial charge in [-0.1, -0.05) is 0 Å². The summed E-state index contributed by atoms with van der Waals surface area (Å²) in [5.41, 5.74) is 0.715. The summed E-state index contributed by atoms with van der Waals surface area (Å²) in [4.78, 5) is 17.9. The zero-order valence-electron chi connectivity index (χ0n) is 11.3. The van der Waals surface area contributed by atoms with Gasteiger partial charge in [0, 0.05) is 13.1 Å². The van der Waals surface area contributed by atoms with Crippen molar-refractivity contribution in [1.82, 2.24) is 10.3 Å². The number of halogens is 2. The molecule has 0 radical (unpaired) electrons. The molecule has 1 aliphatic heterocycles. The Kier molecular flexibility index (Phi) is 9.24. The zero-order valence-corrected chi connectivity index (χ0v) is 12.9. The summed E-state index contributed by atoms with van der Waals surface area (Å²) < 4.78 is 5.29. The van der Waals surface area contributed by atoms with Crippen molar-refractivity contribution < 1.29 is 9.53 Å². The first kappa shape index (κ1) is 18.9. The fraction of sp³-hybridized carbons (Fsp3) is 0.500. The molecule has 2 N–H and O–H groups in total. The van der Waals surface area contributed by atoms with Crippen LogP contribution in [0.1, 0.15) is 0 Å². The summed E-state index contributed by atoms with van der Waals surface area (Å²) in [6.07, 6.45) is 1.68. The van der Waals surface area contributed by atoms with Crippen molar-refractivity contribution in [2.75, 3.05) is 50.1 Å². The van der Waals surface area contributed by atoms with Gasteiger partial charge in [-0.2, -0.15) is 0 Å². The van der Waals surface area contributed by atoms with Gasteiger partial charge in [0.25, 0.3) is 0 Å². The number of aromatic nitrogens is 1. The van der Waals surface area contributed by atoms with Crippen molar-refractivity contribution in [1.29, 1.82) is 0 Å². The molecule has 20 heavy (non-hydrogen) atoms. The van der Waals surface area contributed by atoms with Crippen molar-refractivity contribution in [3.8, 4) is 0 Å². The van der Waals surface area contributed by atoms with Crippen LogP contribution >= 0.6 is 24.8 Å². The first-order chi connectivity index (χ1) is 8.79. The standard InChI is InChI=1S/C12H18N4O2.2ClH/c1-13-9-12(17)15-10-2-3-11(14-8-10)16-4-6-18-7-5-16;;/h2-3,8,13H,4-7,9H2,1H3,(H,15,17);2*1H. The molecule has 1 aromatic heterocycles. The van der Waals surface area contributed by atoms with Crippen LogP contribution in [0, 0.1) is 0 Å². The second-order valence-corrected chi connectivity index (χ2v) is 4.08. The Labute approximate surface area is 131 Å². The minimum Gasteiger partial charge on any atom is -0.378 e. The summed E-state index contributed by atoms with van der Waals surface area (Å²) in [6.45, 7) is 3.49. The average molecular weight is 323 g/mol. The van der Waals surface area contributed by atoms with Crippen LogP contribution in [0.4, 0.5) is 11.5 Å². The van der Waals surface area contributed by atoms with E-state index in [0.717, 1.165) is 32.1 Å². The molecule has 2 rings (SSSR count). The highest BCUT2D eigenvalue weighted by Crippen LogP contribution is 2.15. The number of nitrogens with one attached hydrogen (secondary N) is 2. The maximum absolute atomic E-state index is 11.4. The van der Waals surface area contributed by atoms with E-state index in [1.807, 2.05) is 12.1 Å². The zero-order chi connectivity index (χ0) is 12.8. The van der Waals surface area contributed by atoms with E-state index >= 15 is 0 Å². The number of likely N-dealkylation sites (N-methyl/N-ethyl adjacent to an activating group) is 1. The molecule has 1 fully saturated rings. The number of nitrogens with zero attached hydrogens (tertiary/aromatic N) is 2. The number of rotatable bonds is 4. The molecule has 0 spiro atoms. The molecule has 0 aromatic carbocycles. The Balaban J connectivity index is 0.00000180. The molecule has 0 aliphatic carbocycles. The Hall–Kier alpha value is -1.08. The summed E-state index contributed by atoms with van der Waals surface area (Å²) in [5, 5.41) is 5.56. The second kappa shape index (κ2) is 9.77. The third kappa shape index (κ3) is 5.50. The Morgan fingerprint density at radius 3 is 2.60 bits per heavy atom. The van der Waals surface area contributed by atoms with Gasteiger partial charge in [0.05, 0.1) is 31.6 Å². The molecule has 0 unspecified atom stereocenters. The molecule has 1 amide bonds. The van der Waals surface area contributed by atoms with Gasteiger partial charge < -0.3 is 20.3 Å². The van der Waals surface area contributed by atoms with Crippen molar-refractivity contribution >= 4 is 42.2 Å². The largest absolute Gasteiger partial charge is 0.378 e. The SMILES string of the molecule is CNCC(=O)Nc1ccc(N2CCOCC2)nc1.Cl.Cl. The van der Waals surface area contributed by atoms with Crippen LogP contribution in [-0.2, 0) is 9.53 Å². The predicted octanol–water partition coefficient (Wildman–Crippen LogP) is 0.920. The van der Waals surface area contributed by atoms with Crippen LogP contribution in [0.5, 0.6) is 0 Å². The molecule has 2 heterocycles. The fourth-order valence-corrected chi connectivity index (χ4v) is 1.81. The van der Waals surface area contributed by atoms with Gasteiger partial charge in [-0.3, -0.25) is 4.79 Å². The second-order valence-electron chi connectivity index (χ2n) is 4.08. The maximum atomic E-state index is 11.4. The van der Waals surface area contributed by atoms with Crippen molar-refractivity contribution in [3.63, 3.8) is 0 Å². The normalized spacial score (nSPS) is 13.9. The lowest BCUT2D eigenvalue weighted by Crippen LogP contribution is -2.36. The number of carbonyl (C=O) groups excluding carboxylic acids is 1. The first-order valence-corrected chi connectivity index (χ1v) is 6.03. The van der Waals surface area contributed by atoms with E-state index in [1.54, 1.807) is 13.2 Å². The molecule has 8 heteroatoms. The highest BCUT2D eigenvalue weighted by atomic mass is 35.5. The smallest absolute Gasteiger partial charge is 0.238 e. The van der Waals surface area contributed by atoms with E-state index < -0.39 is 0 Å². The fourth-order valence-electron chi connectivity index (χ4n) is 1.81. The number of ether oxygens (including phenoxy) is 1. The molecule has 0 saturated carbocycles. The highest BCUT2D eigenvalue weighted by Gasteiger charge is 2.12. The monoisotopic (exact) mass is 322 g/mol. The lowest BCUT2D eigenvalue weighted by molar-refractivity contribution is -0.115. The molecule has 1 aromatic rings. The summed E-state index contributed by atoms with van der Waals surface area (Å²) in [5.74, 6) is 0.850. The first-order valence-electron chi connectivity index (χ1n) is 6.03. The van der Waals surface area contributed by atoms with E-state index in [2.05, 4.69) is 20.5 Å². The maximum Gasteiger partial charge on any atom is 0.238 e. The molecule has 6 nitrogen and oxygen atoms in total. The molecular formula is C12H20Cl2N4O2. The minimum absolute atomic E-state index is 0. The number of anilines is 2. The molecule has 0 atom stereocenters. The predicted molar refractivity (Wildman–Crippen MR) is 84.3 cm³/mol. The van der Waals surface area contributed by atoms with Crippen LogP contribution in [-0.4, -0.2) is 50.8 Å². The van der Waals surface area contributed by atoms with E-state index in [-0.39, 0.29) is 30.7 Å². The third-order valence-electron chi connectivity index (χ3n) is 2.70. The number of morpholine rings is 1. The number of amides is 1. The van der Waals surface area contributed by atoms with Gasteiger partial charge in [-0.05, 0) is 19.2 Å². The van der Waals surface area contributed by atoms with Crippen LogP contribution in [0.2, 0.25) is 0 Å². The number of hydrogen-bond donors (Lipinski definition) is 2. The van der Waals surface area contributed by atoms with Gasteiger partial charge >= 0.3 is 0 Å². The molecule has 0 bridgehead atoms. The number of pyridine rings is 1. The topological polar surface area (TPSA) is 66.5 Å². The van der Waals surface area contributed by atoms with Gasteiger partial charge in [0.15, 0.2) is 0 Å². The molecule has 1 aliphatic rings. The van der Waals surface area contributed by atoms with E-state index in [9.17, 15) is 4.79 Å². The Bertz CT molecular complexity index is 397. The van der Waals surface area contributed by atoms with Crippen molar-refractivity contribution in [2.24, 2.45) is 0 Å². The number of carbonyl (C=O) groups is 1. The Morgan fingerprint density at radius 1 is 1.35 bits per heavy atom. The van der Waals surface area contributed by atoms with Gasteiger partial charge in [0.1, 0.15) is 5.82 Å². The Morgan fingerprint density at radius 2 is 2.05 bits per heavy atom. The minimum atomic E-state index is -0.0709. The molecular weight excluding hydrogens is 303 g/mol. The van der Waals surface area contributed by atoms with Crippen LogP contribution in [0.3, 0.4) is 0 Å². The highest BCUT2D eigenvalue weighted by molar-refractivity contribution is 5.92. The van der Waals surface area contributed by atoms with E-state index in [0.29, 0.717) is 12.2 Å². The lowest BCUT2D eigenvalue weighted by atomic mass is 10.3. The van der Waals surface area contributed by atoms with Crippen LogP contribution in [0.15, 0.2) is 18.3 Å². The van der Waals surface area contributed by atoms with Gasteiger partial charge in [-0.15, -0.1) is 24.8 Å². The molecule has 1 saturated heterocycles. The van der Waals surface area contributed by atoms with Crippen LogP contribution in [0.25, 0.3) is 0 Å². The van der Waals surface area contributed by atoms with E-state index in [1.165, 1.54) is 0 Å². The molecule has 114 valence electrons. The number of hydrogen-bond acceptors (Lipinski definition) is 5. The third-order valence-corrected chi connectivity index (χ3v) is 2.70. The summed E-state index contributed by atoms with van der Waals surface area (Å²) in [6, 6.07) is 3.78. The lowest BCUT2D eigenvalue weighted by Gasteiger charge is -2.27. The van der Waals surface area contributed by atoms with E-state index in [4.69, 9.17) is 4.74 Å². The summed E-state index contributed by atoms with van der Waals surface area (Å²) >= 11 is 0. The van der Waals surface area contributed by atoms with Crippen molar-refractivity contribution in [2.45, 2.75) is 0 Å². The summed E-state index contributed by atoms with van der Waals surface area (Å²) in [7, 11) is 1.74. The van der Waals surface area contributed by atoms with Gasteiger partial charge in [-0.25, -0.2) is 4.98 Å². The quantitative estimate of drug-likeness (QED) is 0.863.